The molecule has 0 saturated carbocycles. The van der Waals surface area contributed by atoms with Crippen LogP contribution < -0.4 is 0 Å². The van der Waals surface area contributed by atoms with Crippen molar-refractivity contribution in [3.8, 4) is 0 Å². The highest BCUT2D eigenvalue weighted by atomic mass is 19.4. The second-order valence-electron chi connectivity index (χ2n) is 4.69. The first-order chi connectivity index (χ1) is 9.10. The molecule has 1 N–H and O–H groups in total. The van der Waals surface area contributed by atoms with Crippen molar-refractivity contribution >= 4 is 10.9 Å². The smallest absolute Gasteiger partial charge is 0.372 e. The van der Waals surface area contributed by atoms with Gasteiger partial charge in [-0.15, -0.1) is 0 Å². The maximum absolute atomic E-state index is 13.0. The average Bonchev–Trinajstić information content (AvgIpc) is 2.66. The molecule has 0 aliphatic rings. The Morgan fingerprint density at radius 2 is 1.80 bits per heavy atom. The molecular weight excluding hydrogens is 281 g/mol. The molecule has 0 aliphatic carbocycles. The first kappa shape index (κ1) is 14.8. The molecule has 1 aromatic carbocycles. The number of hydrogen-bond acceptors (Lipinski definition) is 1. The third kappa shape index (κ3) is 1.88. The molecule has 1 unspecified atom stereocenters. The standard InChI is InChI=1S/C13H12F5NO/c1-7-4-3-5-9-10(7)8(6-19(9)2)12(20,11(14)15)13(16,17)18/h3-6,11,20H,1-2H3. The van der Waals surface area contributed by atoms with Gasteiger partial charge in [0.25, 0.3) is 6.43 Å². The maximum Gasteiger partial charge on any atom is 0.427 e. The largest absolute Gasteiger partial charge is 0.427 e. The quantitative estimate of drug-likeness (QED) is 0.842. The van der Waals surface area contributed by atoms with Gasteiger partial charge in [-0.1, -0.05) is 12.1 Å². The summed E-state index contributed by atoms with van der Waals surface area (Å²) in [7, 11) is 1.44. The lowest BCUT2D eigenvalue weighted by atomic mass is 9.91. The summed E-state index contributed by atoms with van der Waals surface area (Å²) < 4.78 is 66.1. The van der Waals surface area contributed by atoms with Crippen LogP contribution in [0.4, 0.5) is 22.0 Å². The molecule has 0 radical (unpaired) electrons. The van der Waals surface area contributed by atoms with Gasteiger partial charge >= 0.3 is 6.18 Å². The van der Waals surface area contributed by atoms with Gasteiger partial charge in [0.1, 0.15) is 0 Å². The summed E-state index contributed by atoms with van der Waals surface area (Å²) in [5, 5.41) is 9.64. The van der Waals surface area contributed by atoms with Crippen molar-refractivity contribution in [2.24, 2.45) is 7.05 Å². The fourth-order valence-corrected chi connectivity index (χ4v) is 2.31. The molecule has 1 heterocycles. The molecule has 0 amide bonds. The van der Waals surface area contributed by atoms with Crippen molar-refractivity contribution in [1.82, 2.24) is 4.57 Å². The minimum Gasteiger partial charge on any atom is -0.372 e. The van der Waals surface area contributed by atoms with E-state index in [2.05, 4.69) is 0 Å². The van der Waals surface area contributed by atoms with Crippen LogP contribution in [-0.2, 0) is 12.6 Å². The minimum absolute atomic E-state index is 0.00451. The van der Waals surface area contributed by atoms with Gasteiger partial charge in [0, 0.05) is 29.7 Å². The fraction of sp³-hybridized carbons (Fsp3) is 0.385. The monoisotopic (exact) mass is 293 g/mol. The number of aliphatic hydroxyl groups is 1. The molecule has 1 aromatic heterocycles. The number of rotatable bonds is 2. The molecule has 110 valence electrons. The van der Waals surface area contributed by atoms with Crippen molar-refractivity contribution in [3.63, 3.8) is 0 Å². The number of halogens is 5. The van der Waals surface area contributed by atoms with Crippen LogP contribution in [0.1, 0.15) is 11.1 Å². The number of aryl methyl sites for hydroxylation is 2. The lowest BCUT2D eigenvalue weighted by molar-refractivity contribution is -0.305. The highest BCUT2D eigenvalue weighted by Gasteiger charge is 2.62. The van der Waals surface area contributed by atoms with Crippen LogP contribution in [0.2, 0.25) is 0 Å². The van der Waals surface area contributed by atoms with Gasteiger partial charge in [0.2, 0.25) is 5.60 Å². The van der Waals surface area contributed by atoms with Crippen LogP contribution in [-0.4, -0.2) is 22.3 Å². The van der Waals surface area contributed by atoms with E-state index in [0.717, 1.165) is 6.20 Å². The van der Waals surface area contributed by atoms with Gasteiger partial charge in [-0.25, -0.2) is 8.78 Å². The first-order valence-corrected chi connectivity index (χ1v) is 5.73. The van der Waals surface area contributed by atoms with Crippen LogP contribution in [0.3, 0.4) is 0 Å². The number of hydrogen-bond donors (Lipinski definition) is 1. The zero-order valence-electron chi connectivity index (χ0n) is 10.7. The Kier molecular flexibility index (Phi) is 3.28. The van der Waals surface area contributed by atoms with Gasteiger partial charge in [-0.2, -0.15) is 13.2 Å². The van der Waals surface area contributed by atoms with E-state index in [1.807, 2.05) is 0 Å². The van der Waals surface area contributed by atoms with Gasteiger partial charge in [0.05, 0.1) is 0 Å². The summed E-state index contributed by atoms with van der Waals surface area (Å²) in [6.45, 7) is 1.51. The molecule has 2 aromatic rings. The lowest BCUT2D eigenvalue weighted by Crippen LogP contribution is -2.48. The number of alkyl halides is 5. The van der Waals surface area contributed by atoms with Crippen molar-refractivity contribution in [1.29, 1.82) is 0 Å². The van der Waals surface area contributed by atoms with Crippen molar-refractivity contribution < 1.29 is 27.1 Å². The maximum atomic E-state index is 13.0. The summed E-state index contributed by atoms with van der Waals surface area (Å²) in [6, 6.07) is 4.62. The predicted molar refractivity (Wildman–Crippen MR) is 63.6 cm³/mol. The molecule has 0 aliphatic heterocycles. The Bertz CT molecular complexity index is 646. The molecule has 0 fully saturated rings. The number of nitrogens with zero attached hydrogens (tertiary/aromatic N) is 1. The van der Waals surface area contributed by atoms with E-state index in [1.165, 1.54) is 30.7 Å². The first-order valence-electron chi connectivity index (χ1n) is 5.73. The van der Waals surface area contributed by atoms with Crippen molar-refractivity contribution in [2.75, 3.05) is 0 Å². The Labute approximate surface area is 111 Å². The van der Waals surface area contributed by atoms with E-state index >= 15 is 0 Å². The topological polar surface area (TPSA) is 25.2 Å². The van der Waals surface area contributed by atoms with E-state index in [-0.39, 0.29) is 5.39 Å². The molecule has 2 rings (SSSR count). The minimum atomic E-state index is -5.47. The highest BCUT2D eigenvalue weighted by molar-refractivity contribution is 5.88. The molecular formula is C13H12F5NO. The van der Waals surface area contributed by atoms with Crippen LogP contribution in [0, 0.1) is 6.92 Å². The van der Waals surface area contributed by atoms with E-state index in [4.69, 9.17) is 0 Å². The highest BCUT2D eigenvalue weighted by Crippen LogP contribution is 2.46. The molecule has 0 bridgehead atoms. The summed E-state index contributed by atoms with van der Waals surface area (Å²) in [6.07, 6.45) is -8.55. The van der Waals surface area contributed by atoms with Gasteiger partial charge in [-0.05, 0) is 18.6 Å². The third-order valence-corrected chi connectivity index (χ3v) is 3.38. The third-order valence-electron chi connectivity index (χ3n) is 3.38. The molecule has 0 spiro atoms. The van der Waals surface area contributed by atoms with Crippen LogP contribution >= 0.6 is 0 Å². The molecule has 2 nitrogen and oxygen atoms in total. The van der Waals surface area contributed by atoms with E-state index < -0.39 is 23.8 Å². The zero-order chi connectivity index (χ0) is 15.3. The Morgan fingerprint density at radius 3 is 2.30 bits per heavy atom. The molecule has 7 heteroatoms. The Hall–Kier alpha value is -1.63. The fourth-order valence-electron chi connectivity index (χ4n) is 2.31. The Morgan fingerprint density at radius 1 is 1.20 bits per heavy atom. The normalized spacial score (nSPS) is 15.8. The van der Waals surface area contributed by atoms with E-state index in [1.54, 1.807) is 6.07 Å². The average molecular weight is 293 g/mol. The van der Waals surface area contributed by atoms with Gasteiger partial charge < -0.3 is 9.67 Å². The van der Waals surface area contributed by atoms with Crippen LogP contribution in [0.15, 0.2) is 24.4 Å². The SMILES string of the molecule is Cc1cccc2c1c(C(O)(C(F)F)C(F)(F)F)cn2C. The predicted octanol–water partition coefficient (Wildman–Crippen LogP) is 3.50. The van der Waals surface area contributed by atoms with Crippen molar-refractivity contribution in [3.05, 3.63) is 35.5 Å². The van der Waals surface area contributed by atoms with Gasteiger partial charge in [-0.3, -0.25) is 0 Å². The van der Waals surface area contributed by atoms with Crippen molar-refractivity contribution in [2.45, 2.75) is 25.1 Å². The number of aromatic nitrogens is 1. The van der Waals surface area contributed by atoms with E-state index in [9.17, 15) is 27.1 Å². The van der Waals surface area contributed by atoms with Crippen LogP contribution in [0.5, 0.6) is 0 Å². The molecule has 0 saturated heterocycles. The summed E-state index contributed by atoms with van der Waals surface area (Å²) >= 11 is 0. The Balaban J connectivity index is 2.87. The summed E-state index contributed by atoms with van der Waals surface area (Å²) in [5.74, 6) is 0. The summed E-state index contributed by atoms with van der Waals surface area (Å²) in [5.41, 5.74) is -4.26. The zero-order valence-corrected chi connectivity index (χ0v) is 10.7. The van der Waals surface area contributed by atoms with Crippen LogP contribution in [0.25, 0.3) is 10.9 Å². The second kappa shape index (κ2) is 4.44. The van der Waals surface area contributed by atoms with E-state index in [0.29, 0.717) is 11.1 Å². The summed E-state index contributed by atoms with van der Waals surface area (Å²) in [4.78, 5) is 0. The van der Waals surface area contributed by atoms with Gasteiger partial charge in [0.15, 0.2) is 0 Å². The lowest BCUT2D eigenvalue weighted by Gasteiger charge is -2.29. The molecule has 1 atom stereocenters. The number of benzene rings is 1. The molecule has 20 heavy (non-hydrogen) atoms. The second-order valence-corrected chi connectivity index (χ2v) is 4.69. The number of fused-ring (bicyclic) bond motifs is 1.